The second-order valence-corrected chi connectivity index (χ2v) is 7.06. The van der Waals surface area contributed by atoms with Crippen LogP contribution in [0.15, 0.2) is 54.6 Å². The van der Waals surface area contributed by atoms with Crippen molar-refractivity contribution in [1.82, 2.24) is 4.90 Å². The lowest BCUT2D eigenvalue weighted by Gasteiger charge is -2.42. The number of ether oxygens (including phenoxy) is 2. The Morgan fingerprint density at radius 1 is 0.964 bits per heavy atom. The van der Waals surface area contributed by atoms with Gasteiger partial charge in [0.2, 0.25) is 0 Å². The molecule has 0 bridgehead atoms. The Morgan fingerprint density at radius 3 is 2.11 bits per heavy atom. The molecule has 7 heteroatoms. The molecule has 0 radical (unpaired) electrons. The number of aliphatic hydroxyl groups is 1. The van der Waals surface area contributed by atoms with Crippen molar-refractivity contribution in [3.05, 3.63) is 65.7 Å². The van der Waals surface area contributed by atoms with Crippen LogP contribution in [0.2, 0.25) is 0 Å². The summed E-state index contributed by atoms with van der Waals surface area (Å²) >= 11 is 0. The van der Waals surface area contributed by atoms with Gasteiger partial charge >= 0.3 is 17.9 Å². The number of phenolic OH excluding ortho intramolecular Hbond substituents is 1. The van der Waals surface area contributed by atoms with Crippen LogP contribution in [0.3, 0.4) is 0 Å². The first-order chi connectivity index (χ1) is 13.3. The maximum Gasteiger partial charge on any atom is 0.422 e. The number of hydrogen-bond donors (Lipinski definition) is 2. The van der Waals surface area contributed by atoms with E-state index in [4.69, 9.17) is 9.47 Å². The van der Waals surface area contributed by atoms with Crippen molar-refractivity contribution >= 4 is 11.9 Å². The molecule has 1 aliphatic heterocycles. The quantitative estimate of drug-likeness (QED) is 0.554. The maximum atomic E-state index is 11.8. The Hall–Kier alpha value is -2.90. The van der Waals surface area contributed by atoms with Gasteiger partial charge in [-0.1, -0.05) is 48.5 Å². The molecule has 0 aliphatic carbocycles. The Morgan fingerprint density at radius 2 is 1.54 bits per heavy atom. The van der Waals surface area contributed by atoms with Crippen LogP contribution in [0.25, 0.3) is 0 Å². The third-order valence-corrected chi connectivity index (χ3v) is 4.96. The van der Waals surface area contributed by atoms with Crippen LogP contribution in [0.5, 0.6) is 5.75 Å². The average Bonchev–Trinajstić information content (AvgIpc) is 2.93. The predicted molar refractivity (Wildman–Crippen MR) is 100 cm³/mol. The highest BCUT2D eigenvalue weighted by atomic mass is 16.9. The lowest BCUT2D eigenvalue weighted by atomic mass is 9.68. The Labute approximate surface area is 163 Å². The van der Waals surface area contributed by atoms with Crippen molar-refractivity contribution in [3.8, 4) is 5.75 Å². The number of esters is 2. The number of nitrogens with zero attached hydrogens (tertiary/aromatic N) is 1. The van der Waals surface area contributed by atoms with Crippen LogP contribution in [0, 0.1) is 0 Å². The van der Waals surface area contributed by atoms with Gasteiger partial charge in [-0.05, 0) is 45.1 Å². The molecular weight excluding hydrogens is 362 g/mol. The van der Waals surface area contributed by atoms with Crippen molar-refractivity contribution in [2.75, 3.05) is 20.6 Å². The van der Waals surface area contributed by atoms with E-state index in [1.54, 1.807) is 48.5 Å². The topological polar surface area (TPSA) is 96.3 Å². The van der Waals surface area contributed by atoms with Crippen LogP contribution in [0.1, 0.15) is 24.0 Å². The molecule has 1 aliphatic rings. The molecule has 7 nitrogen and oxygen atoms in total. The van der Waals surface area contributed by atoms with E-state index >= 15 is 0 Å². The van der Waals surface area contributed by atoms with Crippen molar-refractivity contribution < 1.29 is 29.3 Å². The van der Waals surface area contributed by atoms with Crippen molar-refractivity contribution in [2.24, 2.45) is 0 Å². The Bertz CT molecular complexity index is 850. The summed E-state index contributed by atoms with van der Waals surface area (Å²) < 4.78 is 10.1. The summed E-state index contributed by atoms with van der Waals surface area (Å²) in [6, 6.07) is 15.2. The first kappa shape index (κ1) is 19.9. The van der Waals surface area contributed by atoms with Gasteiger partial charge in [0, 0.05) is 5.56 Å². The summed E-state index contributed by atoms with van der Waals surface area (Å²) in [5.41, 5.74) is -0.678. The number of aromatic hydroxyl groups is 1. The van der Waals surface area contributed by atoms with Crippen molar-refractivity contribution in [2.45, 2.75) is 24.2 Å². The lowest BCUT2D eigenvalue weighted by Crippen LogP contribution is -2.54. The van der Waals surface area contributed by atoms with Crippen LogP contribution in [0.4, 0.5) is 0 Å². The first-order valence-electron chi connectivity index (χ1n) is 8.97. The van der Waals surface area contributed by atoms with E-state index < -0.39 is 23.3 Å². The molecule has 0 amide bonds. The molecule has 2 aromatic carbocycles. The number of hydrogen-bond acceptors (Lipinski definition) is 7. The summed E-state index contributed by atoms with van der Waals surface area (Å²) in [5.74, 6) is -5.24. The minimum Gasteiger partial charge on any atom is -0.508 e. The summed E-state index contributed by atoms with van der Waals surface area (Å²) in [5, 5.41) is 21.9. The molecule has 0 spiro atoms. The predicted octanol–water partition coefficient (Wildman–Crippen LogP) is 1.77. The first-order valence-corrected chi connectivity index (χ1v) is 8.97. The van der Waals surface area contributed by atoms with E-state index in [1.165, 1.54) is 6.07 Å². The van der Waals surface area contributed by atoms with Gasteiger partial charge in [0.05, 0.1) is 0 Å². The van der Waals surface area contributed by atoms with E-state index in [0.717, 1.165) is 0 Å². The summed E-state index contributed by atoms with van der Waals surface area (Å²) in [6.45, 7) is 0.667. The molecule has 28 heavy (non-hydrogen) atoms. The van der Waals surface area contributed by atoms with Crippen LogP contribution < -0.4 is 0 Å². The SMILES string of the molecule is CN(C)CCCC(c1ccccc1)(c1ccccc1O)C1(O)OC(=O)C(=O)O1. The average molecular weight is 385 g/mol. The second kappa shape index (κ2) is 7.61. The van der Waals surface area contributed by atoms with Gasteiger partial charge in [0.15, 0.2) is 0 Å². The zero-order valence-corrected chi connectivity index (χ0v) is 15.8. The van der Waals surface area contributed by atoms with Crippen LogP contribution in [-0.2, 0) is 24.5 Å². The largest absolute Gasteiger partial charge is 0.508 e. The zero-order chi connectivity index (χ0) is 20.4. The molecule has 2 N–H and O–H groups in total. The van der Waals surface area contributed by atoms with Gasteiger partial charge in [-0.3, -0.25) is 0 Å². The molecule has 2 aromatic rings. The summed E-state index contributed by atoms with van der Waals surface area (Å²) in [4.78, 5) is 25.6. The van der Waals surface area contributed by atoms with E-state index in [2.05, 4.69) is 0 Å². The highest BCUT2D eigenvalue weighted by Crippen LogP contribution is 2.51. The van der Waals surface area contributed by atoms with E-state index in [9.17, 15) is 19.8 Å². The third-order valence-electron chi connectivity index (χ3n) is 4.96. The fourth-order valence-corrected chi connectivity index (χ4v) is 3.69. The fraction of sp³-hybridized carbons (Fsp3) is 0.333. The molecule has 3 rings (SSSR count). The number of cyclic esters (lactones) is 2. The number of para-hydroxylation sites is 1. The number of phenols is 1. The maximum absolute atomic E-state index is 11.8. The van der Waals surface area contributed by atoms with Crippen molar-refractivity contribution in [1.29, 1.82) is 0 Å². The number of carbonyl (C=O) groups excluding carboxylic acids is 2. The van der Waals surface area contributed by atoms with Crippen LogP contribution in [-0.4, -0.2) is 53.7 Å². The van der Waals surface area contributed by atoms with E-state index in [0.29, 0.717) is 24.1 Å². The van der Waals surface area contributed by atoms with Gasteiger partial charge in [-0.2, -0.15) is 0 Å². The van der Waals surface area contributed by atoms with E-state index in [1.807, 2.05) is 19.0 Å². The van der Waals surface area contributed by atoms with Gasteiger partial charge in [0.1, 0.15) is 11.2 Å². The van der Waals surface area contributed by atoms with Gasteiger partial charge < -0.3 is 24.6 Å². The molecule has 1 heterocycles. The zero-order valence-electron chi connectivity index (χ0n) is 15.8. The Kier molecular flexibility index (Phi) is 5.40. The fourth-order valence-electron chi connectivity index (χ4n) is 3.69. The number of benzene rings is 2. The van der Waals surface area contributed by atoms with Crippen LogP contribution >= 0.6 is 0 Å². The molecule has 1 fully saturated rings. The van der Waals surface area contributed by atoms with Gasteiger partial charge in [-0.25, -0.2) is 9.59 Å². The standard InChI is InChI=1S/C21H23NO6/c1-22(2)14-8-13-20(15-9-4-3-5-10-15,16-11-6-7-12-17(16)23)21(26)27-18(24)19(25)28-21/h3-7,9-12,23,26H,8,13-14H2,1-2H3. The number of carbonyl (C=O) groups is 2. The normalized spacial score (nSPS) is 17.9. The molecule has 1 atom stereocenters. The summed E-state index contributed by atoms with van der Waals surface area (Å²) in [7, 11) is 3.82. The van der Waals surface area contributed by atoms with Gasteiger partial charge in [-0.15, -0.1) is 0 Å². The molecule has 1 unspecified atom stereocenters. The highest BCUT2D eigenvalue weighted by molar-refractivity contribution is 6.31. The molecular formula is C21H23NO6. The number of rotatable bonds is 7. The minimum atomic E-state index is -2.59. The van der Waals surface area contributed by atoms with Crippen molar-refractivity contribution in [3.63, 3.8) is 0 Å². The molecule has 0 aromatic heterocycles. The van der Waals surface area contributed by atoms with Gasteiger partial charge in [0.25, 0.3) is 0 Å². The minimum absolute atomic E-state index is 0.108. The Balaban J connectivity index is 2.24. The second-order valence-electron chi connectivity index (χ2n) is 7.06. The monoisotopic (exact) mass is 385 g/mol. The smallest absolute Gasteiger partial charge is 0.422 e. The van der Waals surface area contributed by atoms with E-state index in [-0.39, 0.29) is 12.2 Å². The molecule has 0 saturated carbocycles. The molecule has 1 saturated heterocycles. The third kappa shape index (κ3) is 3.34. The lowest BCUT2D eigenvalue weighted by molar-refractivity contribution is -0.324. The summed E-state index contributed by atoms with van der Waals surface area (Å²) in [6.07, 6.45) is 0.803. The highest BCUT2D eigenvalue weighted by Gasteiger charge is 2.64. The molecule has 148 valence electrons.